The van der Waals surface area contributed by atoms with Gasteiger partial charge in [0.25, 0.3) is 0 Å². The number of H-pyrrole nitrogens is 1. The van der Waals surface area contributed by atoms with Gasteiger partial charge in [-0.15, -0.1) is 0 Å². The number of fused-ring (bicyclic) bond motifs is 1. The Morgan fingerprint density at radius 3 is 2.52 bits per heavy atom. The summed E-state index contributed by atoms with van der Waals surface area (Å²) in [6, 6.07) is 20.9. The van der Waals surface area contributed by atoms with Crippen LogP contribution in [0.3, 0.4) is 0 Å². The molecule has 1 N–H and O–H groups in total. The predicted octanol–water partition coefficient (Wildman–Crippen LogP) is 5.19. The molecular formula is C20H14ClN3O. The van der Waals surface area contributed by atoms with Gasteiger partial charge in [0.15, 0.2) is 17.2 Å². The highest BCUT2D eigenvalue weighted by Gasteiger charge is 2.11. The minimum atomic E-state index is 0.603. The lowest BCUT2D eigenvalue weighted by molar-refractivity contribution is 0.513. The van der Waals surface area contributed by atoms with E-state index in [0.29, 0.717) is 22.3 Å². The standard InChI is InChI=1S/C20H14ClN3O/c21-15-10-8-14(9-11-15)13-18(25-16-5-2-1-3-6-16)20-23-17-7-4-12-22-19(17)24-20/h1-13H,(H,22,23,24)/b18-13-. The third-order valence-corrected chi connectivity index (χ3v) is 3.88. The van der Waals surface area contributed by atoms with Gasteiger partial charge < -0.3 is 9.72 Å². The monoisotopic (exact) mass is 347 g/mol. The minimum absolute atomic E-state index is 0.603. The summed E-state index contributed by atoms with van der Waals surface area (Å²) in [5.74, 6) is 1.95. The first-order valence-electron chi connectivity index (χ1n) is 7.79. The summed E-state index contributed by atoms with van der Waals surface area (Å²) in [5.41, 5.74) is 2.47. The number of aromatic nitrogens is 3. The van der Waals surface area contributed by atoms with E-state index in [4.69, 9.17) is 16.3 Å². The summed E-state index contributed by atoms with van der Waals surface area (Å²) in [6.07, 6.45) is 3.63. The van der Waals surface area contributed by atoms with Gasteiger partial charge in [-0.05, 0) is 48.0 Å². The van der Waals surface area contributed by atoms with Crippen molar-refractivity contribution in [1.29, 1.82) is 0 Å². The van der Waals surface area contributed by atoms with Crippen LogP contribution in [0.25, 0.3) is 23.0 Å². The topological polar surface area (TPSA) is 50.8 Å². The van der Waals surface area contributed by atoms with E-state index in [1.54, 1.807) is 6.20 Å². The zero-order chi connectivity index (χ0) is 17.1. The molecule has 0 fully saturated rings. The molecule has 0 saturated carbocycles. The average molecular weight is 348 g/mol. The number of benzene rings is 2. The molecule has 0 radical (unpaired) electrons. The van der Waals surface area contributed by atoms with E-state index in [2.05, 4.69) is 15.0 Å². The van der Waals surface area contributed by atoms with Crippen molar-refractivity contribution in [3.8, 4) is 5.75 Å². The number of aromatic amines is 1. The van der Waals surface area contributed by atoms with Crippen LogP contribution in [0.2, 0.25) is 5.02 Å². The van der Waals surface area contributed by atoms with Crippen molar-refractivity contribution in [3.63, 3.8) is 0 Å². The summed E-state index contributed by atoms with van der Waals surface area (Å²) < 4.78 is 6.07. The Labute approximate surface area is 149 Å². The Hall–Kier alpha value is -3.11. The molecule has 4 aromatic rings. The normalized spacial score (nSPS) is 11.6. The zero-order valence-corrected chi connectivity index (χ0v) is 13.9. The molecule has 0 aliphatic carbocycles. The first-order chi connectivity index (χ1) is 12.3. The Balaban J connectivity index is 1.78. The highest BCUT2D eigenvalue weighted by molar-refractivity contribution is 6.30. The Morgan fingerprint density at radius 2 is 1.76 bits per heavy atom. The smallest absolute Gasteiger partial charge is 0.178 e. The summed E-state index contributed by atoms with van der Waals surface area (Å²) in [7, 11) is 0. The van der Waals surface area contributed by atoms with Gasteiger partial charge >= 0.3 is 0 Å². The minimum Gasteiger partial charge on any atom is -0.453 e. The summed E-state index contributed by atoms with van der Waals surface area (Å²) in [6.45, 7) is 0. The molecule has 2 heterocycles. The van der Waals surface area contributed by atoms with E-state index in [1.165, 1.54) is 0 Å². The van der Waals surface area contributed by atoms with E-state index in [-0.39, 0.29) is 0 Å². The lowest BCUT2D eigenvalue weighted by Crippen LogP contribution is -1.97. The second-order valence-electron chi connectivity index (χ2n) is 5.44. The second kappa shape index (κ2) is 6.79. The fourth-order valence-electron chi connectivity index (χ4n) is 2.43. The number of pyridine rings is 1. The molecule has 0 atom stereocenters. The summed E-state index contributed by atoms with van der Waals surface area (Å²) in [4.78, 5) is 12.1. The third-order valence-electron chi connectivity index (χ3n) is 3.63. The number of nitrogens with zero attached hydrogens (tertiary/aromatic N) is 2. The SMILES string of the molecule is Clc1ccc(/C=C(\Oc2ccccc2)c2nc3ncccc3[nH]2)cc1. The lowest BCUT2D eigenvalue weighted by atomic mass is 10.2. The average Bonchev–Trinajstić information content (AvgIpc) is 3.08. The van der Waals surface area contributed by atoms with Crippen molar-refractivity contribution in [2.24, 2.45) is 0 Å². The fourth-order valence-corrected chi connectivity index (χ4v) is 2.56. The molecule has 122 valence electrons. The molecule has 25 heavy (non-hydrogen) atoms. The van der Waals surface area contributed by atoms with Gasteiger partial charge in [0.2, 0.25) is 0 Å². The van der Waals surface area contributed by atoms with Crippen LogP contribution in [-0.4, -0.2) is 15.0 Å². The van der Waals surface area contributed by atoms with Crippen LogP contribution >= 0.6 is 11.6 Å². The molecule has 4 rings (SSSR count). The summed E-state index contributed by atoms with van der Waals surface area (Å²) in [5, 5.41) is 0.690. The molecule has 0 spiro atoms. The number of nitrogens with one attached hydrogen (secondary N) is 1. The van der Waals surface area contributed by atoms with Crippen LogP contribution in [0.15, 0.2) is 72.9 Å². The van der Waals surface area contributed by atoms with Gasteiger partial charge in [-0.1, -0.05) is 41.9 Å². The van der Waals surface area contributed by atoms with Crippen molar-refractivity contribution < 1.29 is 4.74 Å². The molecule has 0 saturated heterocycles. The molecule has 4 nitrogen and oxygen atoms in total. The Morgan fingerprint density at radius 1 is 0.960 bits per heavy atom. The van der Waals surface area contributed by atoms with Gasteiger partial charge in [0.05, 0.1) is 5.52 Å². The van der Waals surface area contributed by atoms with Gasteiger partial charge in [-0.25, -0.2) is 9.97 Å². The van der Waals surface area contributed by atoms with E-state index >= 15 is 0 Å². The molecule has 5 heteroatoms. The van der Waals surface area contributed by atoms with Gasteiger partial charge in [-0.3, -0.25) is 0 Å². The van der Waals surface area contributed by atoms with Crippen LogP contribution in [-0.2, 0) is 0 Å². The first kappa shape index (κ1) is 15.4. The molecule has 0 aliphatic rings. The lowest BCUT2D eigenvalue weighted by Gasteiger charge is -2.08. The number of hydrogen-bond donors (Lipinski definition) is 1. The van der Waals surface area contributed by atoms with Crippen LogP contribution in [0.1, 0.15) is 11.4 Å². The Kier molecular flexibility index (Phi) is 4.19. The maximum atomic E-state index is 6.07. The molecule has 0 aliphatic heterocycles. The van der Waals surface area contributed by atoms with Crippen molar-refractivity contribution in [2.45, 2.75) is 0 Å². The zero-order valence-electron chi connectivity index (χ0n) is 13.2. The highest BCUT2D eigenvalue weighted by atomic mass is 35.5. The molecule has 0 bridgehead atoms. The number of imidazole rings is 1. The highest BCUT2D eigenvalue weighted by Crippen LogP contribution is 2.23. The molecule has 0 unspecified atom stereocenters. The van der Waals surface area contributed by atoms with Gasteiger partial charge in [-0.2, -0.15) is 0 Å². The number of para-hydroxylation sites is 1. The predicted molar refractivity (Wildman–Crippen MR) is 100 cm³/mol. The number of halogens is 1. The quantitative estimate of drug-likeness (QED) is 0.517. The largest absolute Gasteiger partial charge is 0.453 e. The molecule has 0 amide bonds. The van der Waals surface area contributed by atoms with Crippen LogP contribution in [0.5, 0.6) is 5.75 Å². The molecular weight excluding hydrogens is 334 g/mol. The van der Waals surface area contributed by atoms with E-state index < -0.39 is 0 Å². The number of hydrogen-bond acceptors (Lipinski definition) is 3. The van der Waals surface area contributed by atoms with E-state index in [0.717, 1.165) is 16.8 Å². The number of ether oxygens (including phenoxy) is 1. The van der Waals surface area contributed by atoms with E-state index in [9.17, 15) is 0 Å². The molecule has 2 aromatic heterocycles. The van der Waals surface area contributed by atoms with Crippen molar-refractivity contribution in [3.05, 3.63) is 89.3 Å². The fraction of sp³-hybridized carbons (Fsp3) is 0. The first-order valence-corrected chi connectivity index (χ1v) is 8.17. The second-order valence-corrected chi connectivity index (χ2v) is 5.87. The van der Waals surface area contributed by atoms with Crippen LogP contribution in [0, 0.1) is 0 Å². The van der Waals surface area contributed by atoms with Gasteiger partial charge in [0.1, 0.15) is 5.75 Å². The Bertz CT molecular complexity index is 991. The maximum Gasteiger partial charge on any atom is 0.178 e. The summed E-state index contributed by atoms with van der Waals surface area (Å²) >= 11 is 5.97. The number of rotatable bonds is 4. The molecule has 2 aromatic carbocycles. The van der Waals surface area contributed by atoms with Crippen molar-refractivity contribution >= 4 is 34.6 Å². The maximum absolute atomic E-state index is 6.07. The van der Waals surface area contributed by atoms with Crippen molar-refractivity contribution in [2.75, 3.05) is 0 Å². The van der Waals surface area contributed by atoms with Crippen LogP contribution < -0.4 is 4.74 Å². The van der Waals surface area contributed by atoms with Gasteiger partial charge in [0, 0.05) is 11.2 Å². The third kappa shape index (κ3) is 3.54. The van der Waals surface area contributed by atoms with Crippen molar-refractivity contribution in [1.82, 2.24) is 15.0 Å². The van der Waals surface area contributed by atoms with E-state index in [1.807, 2.05) is 72.8 Å². The van der Waals surface area contributed by atoms with Crippen LogP contribution in [0.4, 0.5) is 0 Å².